The number of carbonyl (C=O) groups excluding carboxylic acids is 1. The van der Waals surface area contributed by atoms with Gasteiger partial charge in [0.1, 0.15) is 5.82 Å². The molecule has 0 spiro atoms. The Morgan fingerprint density at radius 1 is 1.33 bits per heavy atom. The third-order valence-electron chi connectivity index (χ3n) is 3.65. The second-order valence-corrected chi connectivity index (χ2v) is 5.13. The van der Waals surface area contributed by atoms with E-state index in [9.17, 15) is 9.18 Å². The Hall–Kier alpha value is -1.42. The number of aryl methyl sites for hydroxylation is 1. The van der Waals surface area contributed by atoms with E-state index in [1.54, 1.807) is 6.07 Å². The van der Waals surface area contributed by atoms with Gasteiger partial charge in [-0.2, -0.15) is 0 Å². The van der Waals surface area contributed by atoms with Crippen LogP contribution in [0.5, 0.6) is 0 Å². The van der Waals surface area contributed by atoms with E-state index in [2.05, 4.69) is 5.32 Å². The first-order valence-electron chi connectivity index (χ1n) is 6.38. The third kappa shape index (κ3) is 2.70. The maximum atomic E-state index is 13.2. The molecule has 1 amide bonds. The summed E-state index contributed by atoms with van der Waals surface area (Å²) in [7, 11) is 0. The predicted molar refractivity (Wildman–Crippen MR) is 69.8 cm³/mol. The first kappa shape index (κ1) is 13.0. The summed E-state index contributed by atoms with van der Waals surface area (Å²) in [6.45, 7) is 1.83. The zero-order valence-electron chi connectivity index (χ0n) is 10.6. The van der Waals surface area contributed by atoms with Crippen LogP contribution in [0.25, 0.3) is 0 Å². The van der Waals surface area contributed by atoms with Crippen LogP contribution < -0.4 is 11.1 Å². The first-order chi connectivity index (χ1) is 8.51. The largest absolute Gasteiger partial charge is 0.324 e. The molecule has 0 heterocycles. The highest BCUT2D eigenvalue weighted by Gasteiger charge is 2.35. The van der Waals surface area contributed by atoms with Crippen molar-refractivity contribution in [2.45, 2.75) is 44.6 Å². The van der Waals surface area contributed by atoms with Crippen LogP contribution in [-0.2, 0) is 4.79 Å². The quantitative estimate of drug-likeness (QED) is 0.848. The van der Waals surface area contributed by atoms with Gasteiger partial charge in [0, 0.05) is 5.69 Å². The molecule has 0 atom stereocenters. The minimum absolute atomic E-state index is 0.198. The van der Waals surface area contributed by atoms with Crippen LogP contribution in [-0.4, -0.2) is 11.4 Å². The molecule has 0 saturated heterocycles. The monoisotopic (exact) mass is 250 g/mol. The SMILES string of the molecule is Cc1ccc(F)cc1NC(=O)C1(N)CCCCC1. The smallest absolute Gasteiger partial charge is 0.244 e. The van der Waals surface area contributed by atoms with Crippen LogP contribution in [0.3, 0.4) is 0 Å². The molecule has 3 nitrogen and oxygen atoms in total. The number of halogens is 1. The minimum Gasteiger partial charge on any atom is -0.324 e. The molecule has 1 aromatic rings. The lowest BCUT2D eigenvalue weighted by atomic mass is 9.82. The van der Waals surface area contributed by atoms with Crippen molar-refractivity contribution in [2.75, 3.05) is 5.32 Å². The summed E-state index contributed by atoms with van der Waals surface area (Å²) in [5.41, 5.74) is 6.68. The second-order valence-electron chi connectivity index (χ2n) is 5.13. The van der Waals surface area contributed by atoms with Crippen LogP contribution in [0.2, 0.25) is 0 Å². The van der Waals surface area contributed by atoms with E-state index in [0.29, 0.717) is 18.5 Å². The molecule has 1 saturated carbocycles. The van der Waals surface area contributed by atoms with Crippen LogP contribution in [0.4, 0.5) is 10.1 Å². The van der Waals surface area contributed by atoms with Gasteiger partial charge in [0.2, 0.25) is 5.91 Å². The van der Waals surface area contributed by atoms with Crippen LogP contribution in [0.15, 0.2) is 18.2 Å². The fourth-order valence-corrected chi connectivity index (χ4v) is 2.39. The topological polar surface area (TPSA) is 55.1 Å². The number of nitrogens with two attached hydrogens (primary N) is 1. The summed E-state index contributed by atoms with van der Waals surface area (Å²) >= 11 is 0. The Labute approximate surface area is 107 Å². The van der Waals surface area contributed by atoms with Gasteiger partial charge in [0.25, 0.3) is 0 Å². The molecule has 0 unspecified atom stereocenters. The molecule has 1 aliphatic carbocycles. The molecule has 1 aliphatic rings. The van der Waals surface area contributed by atoms with E-state index in [4.69, 9.17) is 5.73 Å². The highest BCUT2D eigenvalue weighted by Crippen LogP contribution is 2.27. The van der Waals surface area contributed by atoms with Gasteiger partial charge in [-0.05, 0) is 37.5 Å². The molecule has 0 aromatic heterocycles. The summed E-state index contributed by atoms with van der Waals surface area (Å²) < 4.78 is 13.2. The van der Waals surface area contributed by atoms with Gasteiger partial charge in [-0.15, -0.1) is 0 Å². The Morgan fingerprint density at radius 3 is 2.67 bits per heavy atom. The summed E-state index contributed by atoms with van der Waals surface area (Å²) in [5, 5.41) is 2.76. The first-order valence-corrected chi connectivity index (χ1v) is 6.38. The van der Waals surface area contributed by atoms with Gasteiger partial charge >= 0.3 is 0 Å². The van der Waals surface area contributed by atoms with Gasteiger partial charge < -0.3 is 11.1 Å². The van der Waals surface area contributed by atoms with Gasteiger partial charge in [-0.25, -0.2) is 4.39 Å². The molecular formula is C14H19FN2O. The standard InChI is InChI=1S/C14H19FN2O/c1-10-5-6-11(15)9-12(10)17-13(18)14(16)7-3-2-4-8-14/h5-6,9H,2-4,7-8,16H2,1H3,(H,17,18). The molecule has 2 rings (SSSR count). The molecule has 98 valence electrons. The van der Waals surface area contributed by atoms with Crippen molar-refractivity contribution in [3.8, 4) is 0 Å². The molecule has 0 bridgehead atoms. The number of hydrogen-bond donors (Lipinski definition) is 2. The summed E-state index contributed by atoms with van der Waals surface area (Å²) in [6.07, 6.45) is 4.49. The highest BCUT2D eigenvalue weighted by atomic mass is 19.1. The molecular weight excluding hydrogens is 231 g/mol. The van der Waals surface area contributed by atoms with Crippen molar-refractivity contribution in [3.05, 3.63) is 29.6 Å². The molecule has 0 aliphatic heterocycles. The lowest BCUT2D eigenvalue weighted by Crippen LogP contribution is -2.52. The van der Waals surface area contributed by atoms with E-state index in [1.165, 1.54) is 12.1 Å². The molecule has 3 N–H and O–H groups in total. The Kier molecular flexibility index (Phi) is 3.66. The molecule has 1 aromatic carbocycles. The van der Waals surface area contributed by atoms with E-state index in [0.717, 1.165) is 24.8 Å². The van der Waals surface area contributed by atoms with Crippen LogP contribution in [0.1, 0.15) is 37.7 Å². The van der Waals surface area contributed by atoms with Gasteiger partial charge in [-0.1, -0.05) is 25.3 Å². The molecule has 1 fully saturated rings. The van der Waals surface area contributed by atoms with Crippen molar-refractivity contribution < 1.29 is 9.18 Å². The average molecular weight is 250 g/mol. The fourth-order valence-electron chi connectivity index (χ4n) is 2.39. The van der Waals surface area contributed by atoms with E-state index < -0.39 is 5.54 Å². The number of nitrogens with one attached hydrogen (secondary N) is 1. The number of rotatable bonds is 2. The number of hydrogen-bond acceptors (Lipinski definition) is 2. The third-order valence-corrected chi connectivity index (χ3v) is 3.65. The summed E-state index contributed by atoms with van der Waals surface area (Å²) in [6, 6.07) is 4.36. The number of amides is 1. The van der Waals surface area contributed by atoms with Crippen LogP contribution >= 0.6 is 0 Å². The summed E-state index contributed by atoms with van der Waals surface area (Å²) in [5.74, 6) is -0.554. The van der Waals surface area contributed by atoms with Gasteiger partial charge in [0.05, 0.1) is 5.54 Å². The molecule has 18 heavy (non-hydrogen) atoms. The van der Waals surface area contributed by atoms with Gasteiger partial charge in [-0.3, -0.25) is 4.79 Å². The van der Waals surface area contributed by atoms with Crippen molar-refractivity contribution >= 4 is 11.6 Å². The highest BCUT2D eigenvalue weighted by molar-refractivity contribution is 5.98. The van der Waals surface area contributed by atoms with E-state index in [1.807, 2.05) is 6.92 Å². The second kappa shape index (κ2) is 5.06. The normalized spacial score (nSPS) is 18.4. The molecule has 4 heteroatoms. The van der Waals surface area contributed by atoms with E-state index >= 15 is 0 Å². The Balaban J connectivity index is 2.13. The maximum Gasteiger partial charge on any atom is 0.244 e. The Bertz CT molecular complexity index is 453. The van der Waals surface area contributed by atoms with Crippen molar-refractivity contribution in [2.24, 2.45) is 5.73 Å². The number of benzene rings is 1. The van der Waals surface area contributed by atoms with Crippen LogP contribution in [0, 0.1) is 12.7 Å². The lowest BCUT2D eigenvalue weighted by Gasteiger charge is -2.32. The number of anilines is 1. The maximum absolute atomic E-state index is 13.2. The minimum atomic E-state index is -0.795. The lowest BCUT2D eigenvalue weighted by molar-refractivity contribution is -0.122. The fraction of sp³-hybridized carbons (Fsp3) is 0.500. The zero-order chi connectivity index (χ0) is 13.2. The molecule has 0 radical (unpaired) electrons. The average Bonchev–Trinajstić information content (AvgIpc) is 2.35. The number of carbonyl (C=O) groups is 1. The predicted octanol–water partition coefficient (Wildman–Crippen LogP) is 2.73. The van der Waals surface area contributed by atoms with Crippen molar-refractivity contribution in [1.29, 1.82) is 0 Å². The summed E-state index contributed by atoms with van der Waals surface area (Å²) in [4.78, 5) is 12.2. The zero-order valence-corrected chi connectivity index (χ0v) is 10.6. The van der Waals surface area contributed by atoms with Crippen molar-refractivity contribution in [3.63, 3.8) is 0 Å². The van der Waals surface area contributed by atoms with Crippen molar-refractivity contribution in [1.82, 2.24) is 0 Å². The Morgan fingerprint density at radius 2 is 2.00 bits per heavy atom. The van der Waals surface area contributed by atoms with Gasteiger partial charge in [0.15, 0.2) is 0 Å². The van der Waals surface area contributed by atoms with E-state index in [-0.39, 0.29) is 11.7 Å².